The van der Waals surface area contributed by atoms with Crippen molar-refractivity contribution in [3.8, 4) is 0 Å². The first kappa shape index (κ1) is 19.4. The van der Waals surface area contributed by atoms with Crippen molar-refractivity contribution in [1.29, 1.82) is 5.41 Å². The van der Waals surface area contributed by atoms with Crippen LogP contribution in [0, 0.1) is 12.3 Å². The first-order chi connectivity index (χ1) is 12.2. The second-order valence-corrected chi connectivity index (χ2v) is 7.26. The summed E-state index contributed by atoms with van der Waals surface area (Å²) in [5.74, 6) is -1.23. The van der Waals surface area contributed by atoms with E-state index in [-0.39, 0.29) is 17.3 Å². The Balaban J connectivity index is 2.00. The Kier molecular flexibility index (Phi) is 5.96. The minimum atomic E-state index is -4.21. The molecular formula is C17H20N4O4S. The van der Waals surface area contributed by atoms with E-state index in [9.17, 15) is 13.2 Å². The van der Waals surface area contributed by atoms with Crippen molar-refractivity contribution in [3.05, 3.63) is 59.7 Å². The molecule has 6 N–H and O–H groups in total. The number of benzene rings is 2. The molecule has 0 aromatic heterocycles. The number of guanidine groups is 1. The molecule has 2 rings (SSSR count). The number of aryl methyl sites for hydroxylation is 1. The van der Waals surface area contributed by atoms with Crippen molar-refractivity contribution in [2.45, 2.75) is 24.3 Å². The molecular weight excluding hydrogens is 356 g/mol. The van der Waals surface area contributed by atoms with Gasteiger partial charge in [-0.25, -0.2) is 4.79 Å². The summed E-state index contributed by atoms with van der Waals surface area (Å²) >= 11 is 0. The highest BCUT2D eigenvalue weighted by Gasteiger charge is 2.24. The topological polar surface area (TPSA) is 148 Å². The van der Waals surface area contributed by atoms with E-state index in [0.717, 1.165) is 5.56 Å². The molecule has 0 bridgehead atoms. The minimum Gasteiger partial charge on any atom is -0.370 e. The van der Waals surface area contributed by atoms with Crippen molar-refractivity contribution >= 4 is 27.7 Å². The molecule has 8 nitrogen and oxygen atoms in total. The number of hydrogen-bond acceptors (Lipinski definition) is 6. The van der Waals surface area contributed by atoms with Crippen LogP contribution in [0.4, 0.5) is 5.69 Å². The van der Waals surface area contributed by atoms with Crippen LogP contribution in [-0.2, 0) is 25.5 Å². The van der Waals surface area contributed by atoms with Crippen LogP contribution in [0.15, 0.2) is 53.4 Å². The van der Waals surface area contributed by atoms with Crippen molar-refractivity contribution in [2.24, 2.45) is 11.5 Å². The van der Waals surface area contributed by atoms with Crippen LogP contribution < -0.4 is 16.8 Å². The third-order valence-electron chi connectivity index (χ3n) is 3.49. The molecule has 26 heavy (non-hydrogen) atoms. The van der Waals surface area contributed by atoms with Gasteiger partial charge in [0.15, 0.2) is 5.96 Å². The summed E-state index contributed by atoms with van der Waals surface area (Å²) in [6.45, 7) is 1.82. The van der Waals surface area contributed by atoms with Crippen molar-refractivity contribution < 1.29 is 17.4 Å². The number of nitrogens with two attached hydrogens (primary N) is 2. The Morgan fingerprint density at radius 1 is 1.15 bits per heavy atom. The van der Waals surface area contributed by atoms with E-state index in [1.54, 1.807) is 36.4 Å². The van der Waals surface area contributed by atoms with Gasteiger partial charge < -0.3 is 21.0 Å². The molecule has 0 aliphatic rings. The summed E-state index contributed by atoms with van der Waals surface area (Å²) < 4.78 is 28.9. The van der Waals surface area contributed by atoms with Gasteiger partial charge in [-0.2, -0.15) is 8.42 Å². The maximum absolute atomic E-state index is 12.1. The van der Waals surface area contributed by atoms with Crippen LogP contribution in [0.3, 0.4) is 0 Å². The quantitative estimate of drug-likeness (QED) is 0.335. The lowest BCUT2D eigenvalue weighted by Crippen LogP contribution is -2.35. The number of hydrogen-bond donors (Lipinski definition) is 4. The Labute approximate surface area is 151 Å². The van der Waals surface area contributed by atoms with Gasteiger partial charge in [0.05, 0.1) is 0 Å². The first-order valence-electron chi connectivity index (χ1n) is 7.68. The average Bonchev–Trinajstić information content (AvgIpc) is 2.56. The van der Waals surface area contributed by atoms with Crippen molar-refractivity contribution in [2.75, 3.05) is 5.32 Å². The van der Waals surface area contributed by atoms with Gasteiger partial charge in [-0.3, -0.25) is 5.41 Å². The van der Waals surface area contributed by atoms with Crippen LogP contribution in [0.1, 0.15) is 11.1 Å². The van der Waals surface area contributed by atoms with E-state index >= 15 is 0 Å². The molecule has 1 atom stereocenters. The Bertz CT molecular complexity index is 893. The van der Waals surface area contributed by atoms with Gasteiger partial charge in [-0.15, -0.1) is 0 Å². The maximum atomic E-state index is 12.1. The molecule has 9 heteroatoms. The van der Waals surface area contributed by atoms with Crippen LogP contribution >= 0.6 is 0 Å². The molecule has 2 aromatic carbocycles. The molecule has 0 heterocycles. The largest absolute Gasteiger partial charge is 0.370 e. The van der Waals surface area contributed by atoms with E-state index in [1.807, 2.05) is 6.92 Å². The first-order valence-corrected chi connectivity index (χ1v) is 9.09. The summed E-state index contributed by atoms with van der Waals surface area (Å²) in [6, 6.07) is 11.5. The fraction of sp³-hybridized carbons (Fsp3) is 0.176. The molecule has 0 fully saturated rings. The van der Waals surface area contributed by atoms with Crippen LogP contribution in [0.5, 0.6) is 0 Å². The molecule has 0 unspecified atom stereocenters. The van der Waals surface area contributed by atoms with Crippen LogP contribution in [-0.4, -0.2) is 26.4 Å². The predicted octanol–water partition coefficient (Wildman–Crippen LogP) is 1.10. The summed E-state index contributed by atoms with van der Waals surface area (Å²) in [4.78, 5) is 11.9. The maximum Gasteiger partial charge on any atom is 0.341 e. The Morgan fingerprint density at radius 3 is 2.27 bits per heavy atom. The number of carbonyl (C=O) groups excluding carboxylic acids is 1. The zero-order chi connectivity index (χ0) is 19.3. The third-order valence-corrected chi connectivity index (χ3v) is 4.73. The summed E-state index contributed by atoms with van der Waals surface area (Å²) in [7, 11) is -4.21. The average molecular weight is 376 g/mol. The molecule has 0 spiro atoms. The van der Waals surface area contributed by atoms with E-state index in [0.29, 0.717) is 11.3 Å². The highest BCUT2D eigenvalue weighted by molar-refractivity contribution is 7.87. The van der Waals surface area contributed by atoms with Crippen molar-refractivity contribution in [3.63, 3.8) is 0 Å². The lowest BCUT2D eigenvalue weighted by Gasteiger charge is -2.12. The fourth-order valence-corrected chi connectivity index (χ4v) is 3.05. The van der Waals surface area contributed by atoms with Crippen LogP contribution in [0.25, 0.3) is 0 Å². The predicted molar refractivity (Wildman–Crippen MR) is 98.1 cm³/mol. The number of rotatable bonds is 6. The number of nitrogens with one attached hydrogen (secondary N) is 2. The molecule has 0 aliphatic carbocycles. The molecule has 2 aromatic rings. The van der Waals surface area contributed by atoms with E-state index < -0.39 is 22.1 Å². The fourth-order valence-electron chi connectivity index (χ4n) is 2.14. The summed E-state index contributed by atoms with van der Waals surface area (Å²) in [6.07, 6.45) is 0.0998. The van der Waals surface area contributed by atoms with Gasteiger partial charge >= 0.3 is 16.1 Å². The highest BCUT2D eigenvalue weighted by atomic mass is 32.2. The lowest BCUT2D eigenvalue weighted by atomic mass is 10.1. The standard InChI is InChI=1S/C17H20N4O4S/c1-11-2-8-14(9-3-11)26(23,24)25-16(22)15(18)10-12-4-6-13(7-5-12)21-17(19)20/h2-9,15H,10,18H2,1H3,(H4,19,20,21)/t15-/m0/s1. The minimum absolute atomic E-state index is 0.0998. The smallest absolute Gasteiger partial charge is 0.341 e. The third kappa shape index (κ3) is 5.30. The monoisotopic (exact) mass is 376 g/mol. The summed E-state index contributed by atoms with van der Waals surface area (Å²) in [5.41, 5.74) is 13.2. The van der Waals surface area contributed by atoms with Crippen LogP contribution in [0.2, 0.25) is 0 Å². The normalized spacial score (nSPS) is 12.2. The molecule has 0 saturated heterocycles. The van der Waals surface area contributed by atoms with Gasteiger partial charge in [0.2, 0.25) is 0 Å². The molecule has 0 aliphatic heterocycles. The Hall–Kier alpha value is -2.91. The zero-order valence-corrected chi connectivity index (χ0v) is 14.9. The molecule has 0 saturated carbocycles. The van der Waals surface area contributed by atoms with Gasteiger partial charge in [0, 0.05) is 5.69 Å². The molecule has 0 amide bonds. The number of anilines is 1. The van der Waals surface area contributed by atoms with Gasteiger partial charge in [0.1, 0.15) is 10.9 Å². The van der Waals surface area contributed by atoms with Gasteiger partial charge in [0.25, 0.3) is 0 Å². The van der Waals surface area contributed by atoms with E-state index in [1.165, 1.54) is 12.1 Å². The second kappa shape index (κ2) is 7.98. The summed E-state index contributed by atoms with van der Waals surface area (Å²) in [5, 5.41) is 9.77. The van der Waals surface area contributed by atoms with E-state index in [4.69, 9.17) is 16.9 Å². The van der Waals surface area contributed by atoms with Gasteiger partial charge in [-0.1, -0.05) is 29.8 Å². The Morgan fingerprint density at radius 2 is 1.73 bits per heavy atom. The lowest BCUT2D eigenvalue weighted by molar-refractivity contribution is -0.135. The number of carbonyl (C=O) groups is 1. The molecule has 138 valence electrons. The van der Waals surface area contributed by atoms with Crippen molar-refractivity contribution in [1.82, 2.24) is 0 Å². The zero-order valence-electron chi connectivity index (χ0n) is 14.1. The van der Waals surface area contributed by atoms with E-state index in [2.05, 4.69) is 9.50 Å². The molecule has 0 radical (unpaired) electrons. The highest BCUT2D eigenvalue weighted by Crippen LogP contribution is 2.15. The SMILES string of the molecule is Cc1ccc(S(=O)(=O)OC(=O)[C@@H](N)Cc2ccc(NC(=N)N)cc2)cc1. The van der Waals surface area contributed by atoms with Gasteiger partial charge in [-0.05, 0) is 43.2 Å². The second-order valence-electron chi connectivity index (χ2n) is 5.72.